The van der Waals surface area contributed by atoms with E-state index in [1.165, 1.54) is 27.1 Å². The van der Waals surface area contributed by atoms with Gasteiger partial charge >= 0.3 is 0 Å². The highest BCUT2D eigenvalue weighted by atomic mass is 15.1. The molecule has 9 aromatic carbocycles. The average Bonchev–Trinajstić information content (AvgIpc) is 3.63. The summed E-state index contributed by atoms with van der Waals surface area (Å²) in [4.78, 5) is 2.12. The second kappa shape index (κ2) is 13.9. The van der Waals surface area contributed by atoms with Crippen LogP contribution in [0.3, 0.4) is 0 Å². The van der Waals surface area contributed by atoms with Gasteiger partial charge < -0.3 is 4.90 Å². The van der Waals surface area contributed by atoms with Crippen molar-refractivity contribution >= 4 is 49.3 Å². The van der Waals surface area contributed by atoms with Crippen LogP contribution in [0.2, 0.25) is 0 Å². The lowest BCUT2D eigenvalue weighted by atomic mass is 9.67. The van der Waals surface area contributed by atoms with Gasteiger partial charge in [-0.15, -0.1) is 0 Å². The van der Waals surface area contributed by atoms with Gasteiger partial charge in [0.05, 0.1) is 15.2 Å². The molecule has 264 valence electrons. The monoisotopic (exact) mass is 716 g/mol. The van der Waals surface area contributed by atoms with Crippen molar-refractivity contribution < 1.29 is 4.11 Å². The normalized spacial score (nSPS) is 14.8. The van der Waals surface area contributed by atoms with Crippen LogP contribution >= 0.6 is 0 Å². The Kier molecular flexibility index (Phi) is 7.47. The topological polar surface area (TPSA) is 3.24 Å². The zero-order valence-electron chi connectivity index (χ0n) is 33.7. The zero-order chi connectivity index (χ0) is 39.9. The molecule has 0 bridgehead atoms. The predicted octanol–water partition coefficient (Wildman–Crippen LogP) is 14.5. The summed E-state index contributed by atoms with van der Waals surface area (Å²) in [7, 11) is 0. The van der Waals surface area contributed by atoms with Gasteiger partial charge in [-0.05, 0) is 102 Å². The van der Waals surface area contributed by atoms with Crippen molar-refractivity contribution in [1.82, 2.24) is 0 Å². The van der Waals surface area contributed by atoms with E-state index in [1.54, 1.807) is 0 Å². The first-order valence-corrected chi connectivity index (χ1v) is 19.1. The molecule has 0 heterocycles. The largest absolute Gasteiger partial charge is 0.317 e. The van der Waals surface area contributed by atoms with E-state index in [-0.39, 0.29) is 12.1 Å². The van der Waals surface area contributed by atoms with Gasteiger partial charge in [-0.3, -0.25) is 0 Å². The second-order valence-corrected chi connectivity index (χ2v) is 14.3. The van der Waals surface area contributed by atoms with E-state index in [9.17, 15) is 2.74 Å². The maximum Gasteiger partial charge on any atom is 0.0714 e. The summed E-state index contributed by atoms with van der Waals surface area (Å²) in [5, 5.41) is 7.00. The Bertz CT molecular complexity index is 3080. The number of allylic oxidation sites excluding steroid dienone is 4. The van der Waals surface area contributed by atoms with Crippen LogP contribution in [0.15, 0.2) is 237 Å². The summed E-state index contributed by atoms with van der Waals surface area (Å²) in [5.74, 6) is 0. The number of hydrogen-bond donors (Lipinski definition) is 0. The summed E-state index contributed by atoms with van der Waals surface area (Å²) >= 11 is 0. The molecule has 0 aromatic heterocycles. The van der Waals surface area contributed by atoms with Gasteiger partial charge in [-0.25, -0.2) is 0 Å². The highest BCUT2D eigenvalue weighted by Crippen LogP contribution is 2.55. The van der Waals surface area contributed by atoms with Gasteiger partial charge in [0.25, 0.3) is 0 Å². The third-order valence-electron chi connectivity index (χ3n) is 11.4. The van der Waals surface area contributed by atoms with Crippen molar-refractivity contribution in [3.63, 3.8) is 0 Å². The SMILES string of the molecule is [2H]C=C([2H])C1=C(/C([2H])=C/N(c2ccc(-c3cc4ccccc4c4ccccc34)cc2)c2cccc3ccccc23)C(c2ccccc2)(c2ccccc2)c2ccccc21. The minimum Gasteiger partial charge on any atom is -0.317 e. The zero-order valence-corrected chi connectivity index (χ0v) is 30.7. The minimum absolute atomic E-state index is 0.0583. The number of fused-ring (bicyclic) bond motifs is 5. The Morgan fingerprint density at radius 2 is 1.09 bits per heavy atom. The summed E-state index contributed by atoms with van der Waals surface area (Å²) in [6, 6.07) is 71.8. The molecule has 0 saturated carbocycles. The molecule has 1 aliphatic carbocycles. The van der Waals surface area contributed by atoms with Crippen molar-refractivity contribution in [2.24, 2.45) is 0 Å². The molecule has 56 heavy (non-hydrogen) atoms. The summed E-state index contributed by atoms with van der Waals surface area (Å²) in [6.45, 7) is 1.10. The van der Waals surface area contributed by atoms with Crippen LogP contribution in [-0.4, -0.2) is 0 Å². The highest BCUT2D eigenvalue weighted by Gasteiger charge is 2.46. The molecule has 0 fully saturated rings. The number of benzene rings is 9. The molecule has 0 spiro atoms. The van der Waals surface area contributed by atoms with Gasteiger partial charge in [0.1, 0.15) is 0 Å². The van der Waals surface area contributed by atoms with Crippen molar-refractivity contribution in [2.45, 2.75) is 5.41 Å². The Labute approximate surface area is 332 Å². The van der Waals surface area contributed by atoms with Gasteiger partial charge in [-0.1, -0.05) is 195 Å². The molecule has 1 nitrogen and oxygen atoms in total. The predicted molar refractivity (Wildman–Crippen MR) is 238 cm³/mol. The summed E-state index contributed by atoms with van der Waals surface area (Å²) in [6.07, 6.45) is 1.92. The Morgan fingerprint density at radius 1 is 0.500 bits per heavy atom. The van der Waals surface area contributed by atoms with Crippen molar-refractivity contribution in [3.8, 4) is 11.1 Å². The van der Waals surface area contributed by atoms with Crippen molar-refractivity contribution in [1.29, 1.82) is 0 Å². The van der Waals surface area contributed by atoms with Crippen LogP contribution in [0.1, 0.15) is 26.4 Å². The molecule has 0 saturated heterocycles. The molecule has 9 aromatic rings. The van der Waals surface area contributed by atoms with E-state index in [0.717, 1.165) is 56.5 Å². The van der Waals surface area contributed by atoms with Crippen LogP contribution in [-0.2, 0) is 5.41 Å². The van der Waals surface area contributed by atoms with Gasteiger partial charge in [-0.2, -0.15) is 0 Å². The fraction of sp³-hybridized carbons (Fsp3) is 0.0182. The molecule has 0 unspecified atom stereocenters. The van der Waals surface area contributed by atoms with Crippen LogP contribution < -0.4 is 4.90 Å². The van der Waals surface area contributed by atoms with Crippen LogP contribution in [0.25, 0.3) is 49.0 Å². The first-order chi connectivity index (χ1) is 29.1. The van der Waals surface area contributed by atoms with E-state index in [2.05, 4.69) is 157 Å². The quantitative estimate of drug-likeness (QED) is 0.142. The lowest BCUT2D eigenvalue weighted by molar-refractivity contribution is 0.761. The van der Waals surface area contributed by atoms with E-state index in [1.807, 2.05) is 60.8 Å². The molecule has 1 heteroatoms. The van der Waals surface area contributed by atoms with Crippen LogP contribution in [0.5, 0.6) is 0 Å². The third-order valence-corrected chi connectivity index (χ3v) is 11.4. The molecule has 0 radical (unpaired) electrons. The van der Waals surface area contributed by atoms with E-state index in [4.69, 9.17) is 1.37 Å². The summed E-state index contributed by atoms with van der Waals surface area (Å²) < 4.78 is 28.1. The average molecular weight is 717 g/mol. The molecule has 0 atom stereocenters. The fourth-order valence-corrected chi connectivity index (χ4v) is 8.88. The Balaban J connectivity index is 1.22. The minimum atomic E-state index is -0.942. The molecule has 1 aliphatic rings. The van der Waals surface area contributed by atoms with Crippen LogP contribution in [0.4, 0.5) is 11.4 Å². The lowest BCUT2D eigenvalue weighted by Crippen LogP contribution is -2.29. The molecular weight excluding hydrogens is 675 g/mol. The Morgan fingerprint density at radius 3 is 1.82 bits per heavy atom. The van der Waals surface area contributed by atoms with E-state index >= 15 is 0 Å². The second-order valence-electron chi connectivity index (χ2n) is 14.3. The van der Waals surface area contributed by atoms with Crippen molar-refractivity contribution in [3.05, 3.63) is 259 Å². The van der Waals surface area contributed by atoms with E-state index < -0.39 is 5.41 Å². The molecule has 10 rings (SSSR count). The van der Waals surface area contributed by atoms with Crippen molar-refractivity contribution in [2.75, 3.05) is 4.90 Å². The fourth-order valence-electron chi connectivity index (χ4n) is 8.88. The lowest BCUT2D eigenvalue weighted by Gasteiger charge is -2.35. The first-order valence-electron chi connectivity index (χ1n) is 20.6. The number of anilines is 2. The molecule has 0 amide bonds. The maximum atomic E-state index is 10.4. The number of rotatable bonds is 8. The van der Waals surface area contributed by atoms with Gasteiger partial charge in [0.15, 0.2) is 0 Å². The molecular formula is C55H39N. The highest BCUT2D eigenvalue weighted by molar-refractivity contribution is 6.13. The maximum absolute atomic E-state index is 10.4. The number of hydrogen-bond acceptors (Lipinski definition) is 1. The van der Waals surface area contributed by atoms with Crippen LogP contribution in [0, 0.1) is 0 Å². The number of nitrogens with zero attached hydrogens (tertiary/aromatic N) is 1. The first kappa shape index (κ1) is 30.1. The summed E-state index contributed by atoms with van der Waals surface area (Å²) in [5.41, 5.74) is 8.21. The van der Waals surface area contributed by atoms with Gasteiger partial charge in [0.2, 0.25) is 0 Å². The third kappa shape index (κ3) is 5.32. The van der Waals surface area contributed by atoms with E-state index in [0.29, 0.717) is 11.1 Å². The van der Waals surface area contributed by atoms with Gasteiger partial charge in [0, 0.05) is 17.3 Å². The molecule has 0 N–H and O–H groups in total. The molecule has 0 aliphatic heterocycles. The standard InChI is InChI=1S/C55H39N/c1-2-45-50-29-15-16-30-52(50)55(42-21-5-3-6-22-42,43-23-7-4-8-24-43)53(45)36-37-56(54-31-17-20-39-18-9-12-26-47(39)54)44-34-32-40(33-35-44)51-38-41-19-10-11-25-46(41)48-27-13-14-28-49(48)51/h2-38H,1H2/b37-36+/i1D,2D,36D/b2-1?,37-36+. The Hall–Kier alpha value is -7.22. The smallest absolute Gasteiger partial charge is 0.0714 e.